The van der Waals surface area contributed by atoms with E-state index in [1.807, 2.05) is 50.2 Å². The van der Waals surface area contributed by atoms with Gasteiger partial charge >= 0.3 is 6.09 Å². The number of ether oxygens (including phenoxy) is 1. The summed E-state index contributed by atoms with van der Waals surface area (Å²) in [5.41, 5.74) is 1.51. The van der Waals surface area contributed by atoms with E-state index in [9.17, 15) is 9.90 Å². The quantitative estimate of drug-likeness (QED) is 0.814. The van der Waals surface area contributed by atoms with Crippen LogP contribution in [0.25, 0.3) is 0 Å². The van der Waals surface area contributed by atoms with Crippen molar-refractivity contribution in [2.24, 2.45) is 0 Å². The average Bonchev–Trinajstić information content (AvgIpc) is 2.62. The zero-order chi connectivity index (χ0) is 19.9. The Morgan fingerprint density at radius 3 is 2.07 bits per heavy atom. The van der Waals surface area contributed by atoms with Crippen LogP contribution in [-0.2, 0) is 4.74 Å². The molecule has 0 saturated carbocycles. The van der Waals surface area contributed by atoms with Crippen molar-refractivity contribution in [3.05, 3.63) is 71.8 Å². The summed E-state index contributed by atoms with van der Waals surface area (Å²) in [6.45, 7) is 8.20. The van der Waals surface area contributed by atoms with E-state index in [0.717, 1.165) is 12.0 Å². The molecule has 2 aromatic rings. The predicted octanol–water partition coefficient (Wildman–Crippen LogP) is 5.11. The third-order valence-electron chi connectivity index (χ3n) is 4.62. The van der Waals surface area contributed by atoms with Gasteiger partial charge in [0.1, 0.15) is 6.10 Å². The summed E-state index contributed by atoms with van der Waals surface area (Å²) in [4.78, 5) is 13.9. The van der Waals surface area contributed by atoms with Crippen LogP contribution in [0.5, 0.6) is 0 Å². The van der Waals surface area contributed by atoms with Gasteiger partial charge in [-0.25, -0.2) is 4.79 Å². The minimum Gasteiger partial charge on any atom is -0.446 e. The van der Waals surface area contributed by atoms with Crippen molar-refractivity contribution >= 4 is 6.09 Å². The summed E-state index contributed by atoms with van der Waals surface area (Å²) in [6.07, 6.45) is 0.750. The highest BCUT2D eigenvalue weighted by Crippen LogP contribution is 2.28. The molecule has 1 aliphatic heterocycles. The minimum absolute atomic E-state index is 0.00110. The molecule has 1 fully saturated rings. The van der Waals surface area contributed by atoms with E-state index in [0.29, 0.717) is 13.0 Å². The van der Waals surface area contributed by atoms with Crippen LogP contribution in [0.15, 0.2) is 60.7 Å². The van der Waals surface area contributed by atoms with E-state index in [2.05, 4.69) is 24.3 Å². The molecule has 1 amide bonds. The van der Waals surface area contributed by atoms with Gasteiger partial charge in [-0.3, -0.25) is 0 Å². The molecular weight excluding hydrogens is 338 g/mol. The van der Waals surface area contributed by atoms with Gasteiger partial charge in [-0.15, -0.1) is 0 Å². The lowest BCUT2D eigenvalue weighted by Crippen LogP contribution is -2.45. The molecule has 27 heavy (non-hydrogen) atoms. The number of carbonyl (C=O) groups is 1. The molecule has 3 rings (SSSR count). The number of hydrogen-bond acceptors (Lipinski definition) is 3. The second-order valence-electron chi connectivity index (χ2n) is 7.75. The highest BCUT2D eigenvalue weighted by Gasteiger charge is 2.33. The van der Waals surface area contributed by atoms with E-state index in [4.69, 9.17) is 4.74 Å². The summed E-state index contributed by atoms with van der Waals surface area (Å²) >= 11 is 0. The van der Waals surface area contributed by atoms with Crippen molar-refractivity contribution in [1.82, 2.24) is 4.90 Å². The first-order valence-corrected chi connectivity index (χ1v) is 9.52. The summed E-state index contributed by atoms with van der Waals surface area (Å²) in [7, 11) is 0. The fourth-order valence-electron chi connectivity index (χ4n) is 3.11. The van der Waals surface area contributed by atoms with Crippen LogP contribution in [-0.4, -0.2) is 34.3 Å². The molecule has 0 aliphatic carbocycles. The van der Waals surface area contributed by atoms with Gasteiger partial charge in [0.25, 0.3) is 0 Å². The second-order valence-corrected chi connectivity index (χ2v) is 7.75. The number of hydrogen-bond donors (Lipinski definition) is 1. The van der Waals surface area contributed by atoms with Gasteiger partial charge in [-0.05, 0) is 33.3 Å². The molecule has 0 bridgehead atoms. The monoisotopic (exact) mass is 369 g/mol. The predicted molar refractivity (Wildman–Crippen MR) is 109 cm³/mol. The van der Waals surface area contributed by atoms with Gasteiger partial charge in [-0.2, -0.15) is 0 Å². The first kappa shape index (κ1) is 21.0. The van der Waals surface area contributed by atoms with Crippen LogP contribution >= 0.6 is 0 Å². The number of amides is 1. The Morgan fingerprint density at radius 1 is 1.11 bits per heavy atom. The maximum atomic E-state index is 12.2. The van der Waals surface area contributed by atoms with Crippen molar-refractivity contribution in [2.45, 2.75) is 58.3 Å². The highest BCUT2D eigenvalue weighted by molar-refractivity contribution is 5.69. The van der Waals surface area contributed by atoms with Crippen molar-refractivity contribution in [3.63, 3.8) is 0 Å². The molecule has 0 radical (unpaired) electrons. The van der Waals surface area contributed by atoms with E-state index in [-0.39, 0.29) is 18.2 Å². The fourth-order valence-corrected chi connectivity index (χ4v) is 3.11. The Balaban J connectivity index is 0.000000369. The maximum Gasteiger partial charge on any atom is 0.410 e. The first-order chi connectivity index (χ1) is 12.8. The van der Waals surface area contributed by atoms with E-state index in [1.54, 1.807) is 18.7 Å². The Labute approximate surface area is 162 Å². The lowest BCUT2D eigenvalue weighted by atomic mass is 9.97. The van der Waals surface area contributed by atoms with Gasteiger partial charge in [0.05, 0.1) is 11.6 Å². The lowest BCUT2D eigenvalue weighted by Gasteiger charge is -2.37. The standard InChI is InChI=1S/C17H25NO3.C6H6/c1-12-5-7-14(8-6-12)13(2)18-10-9-15(21-16(18)19)11-17(3,4)20;1-2-4-6-5-3-1/h5-8,13,15,20H,9-11H2,1-4H3;1-6H. The Kier molecular flexibility index (Phi) is 7.43. The number of aliphatic hydroxyl groups is 1. The first-order valence-electron chi connectivity index (χ1n) is 9.52. The molecule has 2 aromatic carbocycles. The number of benzene rings is 2. The summed E-state index contributed by atoms with van der Waals surface area (Å²) in [5, 5.41) is 9.83. The Hall–Kier alpha value is -2.33. The second kappa shape index (κ2) is 9.56. The number of cyclic esters (lactones) is 1. The molecular formula is C23H31NO3. The van der Waals surface area contributed by atoms with Crippen LogP contribution in [0.4, 0.5) is 4.79 Å². The van der Waals surface area contributed by atoms with Crippen LogP contribution in [0.3, 0.4) is 0 Å². The summed E-state index contributed by atoms with van der Waals surface area (Å²) in [6, 6.07) is 20.2. The molecule has 146 valence electrons. The fraction of sp³-hybridized carbons (Fsp3) is 0.435. The molecule has 4 nitrogen and oxygen atoms in total. The summed E-state index contributed by atoms with van der Waals surface area (Å²) in [5.74, 6) is 0. The molecule has 1 heterocycles. The van der Waals surface area contributed by atoms with E-state index < -0.39 is 5.60 Å². The third kappa shape index (κ3) is 7.06. The van der Waals surface area contributed by atoms with E-state index >= 15 is 0 Å². The number of nitrogens with zero attached hydrogens (tertiary/aromatic N) is 1. The van der Waals surface area contributed by atoms with Crippen molar-refractivity contribution < 1.29 is 14.6 Å². The molecule has 1 saturated heterocycles. The molecule has 0 aromatic heterocycles. The molecule has 1 N–H and O–H groups in total. The molecule has 4 heteroatoms. The number of aryl methyl sites for hydroxylation is 1. The average molecular weight is 370 g/mol. The molecule has 1 aliphatic rings. The van der Waals surface area contributed by atoms with Crippen LogP contribution in [0, 0.1) is 6.92 Å². The normalized spacial score (nSPS) is 18.2. The van der Waals surface area contributed by atoms with Crippen molar-refractivity contribution in [1.29, 1.82) is 0 Å². The topological polar surface area (TPSA) is 49.8 Å². The minimum atomic E-state index is -0.810. The number of rotatable bonds is 4. The summed E-state index contributed by atoms with van der Waals surface area (Å²) < 4.78 is 5.47. The van der Waals surface area contributed by atoms with Crippen molar-refractivity contribution in [2.75, 3.05) is 6.54 Å². The van der Waals surface area contributed by atoms with Gasteiger partial charge in [0.15, 0.2) is 0 Å². The Morgan fingerprint density at radius 2 is 1.63 bits per heavy atom. The molecule has 2 atom stereocenters. The SMILES string of the molecule is Cc1ccc(C(C)N2CCC(CC(C)(C)O)OC2=O)cc1.c1ccccc1. The van der Waals surface area contributed by atoms with Gasteiger partial charge < -0.3 is 14.7 Å². The van der Waals surface area contributed by atoms with Gasteiger partial charge in [0.2, 0.25) is 0 Å². The third-order valence-corrected chi connectivity index (χ3v) is 4.62. The van der Waals surface area contributed by atoms with Crippen LogP contribution in [0.2, 0.25) is 0 Å². The largest absolute Gasteiger partial charge is 0.446 e. The zero-order valence-electron chi connectivity index (χ0n) is 16.8. The smallest absolute Gasteiger partial charge is 0.410 e. The van der Waals surface area contributed by atoms with Gasteiger partial charge in [0, 0.05) is 19.4 Å². The lowest BCUT2D eigenvalue weighted by molar-refractivity contribution is -0.0309. The molecule has 2 unspecified atom stereocenters. The highest BCUT2D eigenvalue weighted by atomic mass is 16.6. The maximum absolute atomic E-state index is 12.2. The van der Waals surface area contributed by atoms with E-state index in [1.165, 1.54) is 5.56 Å². The Bertz CT molecular complexity index is 665. The van der Waals surface area contributed by atoms with Crippen LogP contribution < -0.4 is 0 Å². The van der Waals surface area contributed by atoms with Crippen LogP contribution in [0.1, 0.15) is 50.8 Å². The van der Waals surface area contributed by atoms with Gasteiger partial charge in [-0.1, -0.05) is 66.2 Å². The molecule has 0 spiro atoms. The zero-order valence-corrected chi connectivity index (χ0v) is 16.8. The van der Waals surface area contributed by atoms with Crippen molar-refractivity contribution in [3.8, 4) is 0 Å². The number of carbonyl (C=O) groups excluding carboxylic acids is 1.